The minimum atomic E-state index is -0.549. The third kappa shape index (κ3) is 4.48. The van der Waals surface area contributed by atoms with Gasteiger partial charge in [-0.3, -0.25) is 9.13 Å². The molecule has 8 aromatic carbocycles. The van der Waals surface area contributed by atoms with Crippen molar-refractivity contribution in [1.29, 1.82) is 0 Å². The summed E-state index contributed by atoms with van der Waals surface area (Å²) in [5.41, 5.74) is 12.0. The van der Waals surface area contributed by atoms with Gasteiger partial charge in [-0.05, 0) is 63.7 Å². The molecule has 11 aromatic rings. The van der Waals surface area contributed by atoms with E-state index in [1.165, 1.54) is 33.4 Å². The Balaban J connectivity index is 1.21. The first-order chi connectivity index (χ1) is 28.3. The highest BCUT2D eigenvalue weighted by atomic mass is 15.3. The molecule has 0 spiro atoms. The number of hydrogen-bond acceptors (Lipinski definition) is 3. The Morgan fingerprint density at radius 2 is 0.789 bits per heavy atom. The van der Waals surface area contributed by atoms with Gasteiger partial charge in [-0.25, -0.2) is 0 Å². The number of para-hydroxylation sites is 3. The molecule has 0 bridgehead atoms. The van der Waals surface area contributed by atoms with Gasteiger partial charge in [-0.1, -0.05) is 170 Å². The highest BCUT2D eigenvalue weighted by Gasteiger charge is 2.46. The number of fused-ring (bicyclic) bond motifs is 9. The summed E-state index contributed by atoms with van der Waals surface area (Å²) >= 11 is 0. The molecule has 266 valence electrons. The van der Waals surface area contributed by atoms with Gasteiger partial charge in [-0.15, -0.1) is 0 Å². The summed E-state index contributed by atoms with van der Waals surface area (Å²) in [5.74, 6) is 1.74. The molecule has 3 heterocycles. The number of rotatable bonds is 5. The second kappa shape index (κ2) is 12.2. The number of hydrogen-bond donors (Lipinski definition) is 0. The average molecular weight is 728 g/mol. The molecule has 0 amide bonds. The van der Waals surface area contributed by atoms with Gasteiger partial charge >= 0.3 is 0 Å². The lowest BCUT2D eigenvalue weighted by Gasteiger charge is -2.34. The van der Waals surface area contributed by atoms with Gasteiger partial charge in [-0.2, -0.15) is 15.0 Å². The molecule has 0 radical (unpaired) electrons. The third-order valence-electron chi connectivity index (χ3n) is 11.9. The quantitative estimate of drug-likeness (QED) is 0.177. The Kier molecular flexibility index (Phi) is 6.78. The standard InChI is InChI=1S/C52H33N5/c1-4-18-34(19-5-1)49-53-50(56-45-29-15-11-25-38(45)39-26-12-16-30-46(39)56)55-51(54-49)57-47-31-17-13-27-40(47)42-32-41-37-24-10-14-28-43(37)52(44(41)33-48(42)57,35-20-6-2-7-21-35)36-22-8-3-9-23-36/h1-33H. The minimum Gasteiger partial charge on any atom is -0.278 e. The van der Waals surface area contributed by atoms with Crippen molar-refractivity contribution in [1.82, 2.24) is 24.1 Å². The van der Waals surface area contributed by atoms with Gasteiger partial charge in [0.1, 0.15) is 0 Å². The fourth-order valence-electron chi connectivity index (χ4n) is 9.53. The Hall–Kier alpha value is -7.63. The minimum absolute atomic E-state index is 0.549. The van der Waals surface area contributed by atoms with Crippen LogP contribution in [0.5, 0.6) is 0 Å². The Labute approximate surface area is 328 Å². The largest absolute Gasteiger partial charge is 0.278 e. The first kappa shape index (κ1) is 31.7. The summed E-state index contributed by atoms with van der Waals surface area (Å²) < 4.78 is 4.43. The van der Waals surface area contributed by atoms with E-state index in [1.807, 2.05) is 18.2 Å². The summed E-state index contributed by atoms with van der Waals surface area (Å²) in [6.45, 7) is 0. The fraction of sp³-hybridized carbons (Fsp3) is 0.0192. The molecule has 0 saturated carbocycles. The van der Waals surface area contributed by atoms with Crippen molar-refractivity contribution in [2.24, 2.45) is 0 Å². The zero-order valence-electron chi connectivity index (χ0n) is 30.8. The van der Waals surface area contributed by atoms with Crippen LogP contribution in [0, 0.1) is 0 Å². The third-order valence-corrected chi connectivity index (χ3v) is 11.9. The maximum absolute atomic E-state index is 5.43. The van der Waals surface area contributed by atoms with E-state index < -0.39 is 5.41 Å². The lowest BCUT2D eigenvalue weighted by atomic mass is 9.67. The van der Waals surface area contributed by atoms with Gasteiger partial charge in [0.15, 0.2) is 5.82 Å². The van der Waals surface area contributed by atoms with E-state index in [1.54, 1.807) is 0 Å². The Morgan fingerprint density at radius 3 is 1.37 bits per heavy atom. The Bertz CT molecular complexity index is 3250. The van der Waals surface area contributed by atoms with E-state index in [-0.39, 0.29) is 0 Å². The molecule has 5 heteroatoms. The molecule has 0 N–H and O–H groups in total. The molecule has 1 aliphatic rings. The molecular weight excluding hydrogens is 695 g/mol. The highest BCUT2D eigenvalue weighted by molar-refractivity contribution is 6.12. The lowest BCUT2D eigenvalue weighted by Crippen LogP contribution is -2.28. The SMILES string of the molecule is c1ccc(-c2nc(-n3c4ccccc4c4ccccc43)nc(-n3c4ccccc4c4cc5c(cc43)C(c3ccccc3)(c3ccccc3)c3ccccc3-5)n2)cc1. The van der Waals surface area contributed by atoms with Crippen LogP contribution in [0.2, 0.25) is 0 Å². The summed E-state index contributed by atoms with van der Waals surface area (Å²) in [6, 6.07) is 71.5. The average Bonchev–Trinajstić information content (AvgIpc) is 3.90. The molecule has 57 heavy (non-hydrogen) atoms. The molecule has 0 fully saturated rings. The van der Waals surface area contributed by atoms with E-state index in [2.05, 4.69) is 191 Å². The molecular formula is C52H33N5. The summed E-state index contributed by atoms with van der Waals surface area (Å²) in [4.78, 5) is 16.0. The van der Waals surface area contributed by atoms with Crippen LogP contribution in [-0.4, -0.2) is 24.1 Å². The predicted molar refractivity (Wildman–Crippen MR) is 231 cm³/mol. The predicted octanol–water partition coefficient (Wildman–Crippen LogP) is 12.1. The topological polar surface area (TPSA) is 48.5 Å². The van der Waals surface area contributed by atoms with Crippen LogP contribution in [0.15, 0.2) is 200 Å². The maximum atomic E-state index is 5.43. The van der Waals surface area contributed by atoms with E-state index in [0.29, 0.717) is 17.7 Å². The summed E-state index contributed by atoms with van der Waals surface area (Å²) in [5, 5.41) is 4.60. The molecule has 0 atom stereocenters. The first-order valence-electron chi connectivity index (χ1n) is 19.4. The summed E-state index contributed by atoms with van der Waals surface area (Å²) in [7, 11) is 0. The zero-order valence-corrected chi connectivity index (χ0v) is 30.8. The van der Waals surface area contributed by atoms with E-state index in [4.69, 9.17) is 15.0 Å². The van der Waals surface area contributed by atoms with Crippen LogP contribution < -0.4 is 0 Å². The van der Waals surface area contributed by atoms with Crippen molar-refractivity contribution >= 4 is 43.6 Å². The normalized spacial score (nSPS) is 13.1. The Morgan fingerprint density at radius 1 is 0.333 bits per heavy atom. The van der Waals surface area contributed by atoms with Crippen LogP contribution in [0.1, 0.15) is 22.3 Å². The van der Waals surface area contributed by atoms with Gasteiger partial charge in [0.25, 0.3) is 0 Å². The molecule has 0 unspecified atom stereocenters. The number of nitrogens with zero attached hydrogens (tertiary/aromatic N) is 5. The van der Waals surface area contributed by atoms with Crippen LogP contribution in [-0.2, 0) is 5.41 Å². The molecule has 1 aliphatic carbocycles. The molecule has 12 rings (SSSR count). The van der Waals surface area contributed by atoms with Gasteiger partial charge in [0.2, 0.25) is 11.9 Å². The van der Waals surface area contributed by atoms with E-state index >= 15 is 0 Å². The number of aromatic nitrogens is 5. The molecule has 0 saturated heterocycles. The van der Waals surface area contributed by atoms with E-state index in [0.717, 1.165) is 49.2 Å². The number of benzene rings is 8. The molecule has 5 nitrogen and oxygen atoms in total. The van der Waals surface area contributed by atoms with Crippen molar-refractivity contribution in [3.8, 4) is 34.4 Å². The first-order valence-corrected chi connectivity index (χ1v) is 19.4. The smallest absolute Gasteiger partial charge is 0.240 e. The van der Waals surface area contributed by atoms with Crippen molar-refractivity contribution < 1.29 is 0 Å². The zero-order chi connectivity index (χ0) is 37.5. The van der Waals surface area contributed by atoms with Crippen LogP contribution in [0.25, 0.3) is 78.0 Å². The van der Waals surface area contributed by atoms with Crippen molar-refractivity contribution in [2.45, 2.75) is 5.41 Å². The molecule has 0 aliphatic heterocycles. The maximum Gasteiger partial charge on any atom is 0.240 e. The van der Waals surface area contributed by atoms with Crippen molar-refractivity contribution in [3.05, 3.63) is 222 Å². The molecule has 3 aromatic heterocycles. The fourth-order valence-corrected chi connectivity index (χ4v) is 9.53. The van der Waals surface area contributed by atoms with Gasteiger partial charge < -0.3 is 0 Å². The second-order valence-electron chi connectivity index (χ2n) is 14.8. The summed E-state index contributed by atoms with van der Waals surface area (Å²) in [6.07, 6.45) is 0. The van der Waals surface area contributed by atoms with Gasteiger partial charge in [0, 0.05) is 27.1 Å². The highest BCUT2D eigenvalue weighted by Crippen LogP contribution is 2.57. The van der Waals surface area contributed by atoms with Crippen LogP contribution >= 0.6 is 0 Å². The van der Waals surface area contributed by atoms with Crippen LogP contribution in [0.3, 0.4) is 0 Å². The van der Waals surface area contributed by atoms with Crippen LogP contribution in [0.4, 0.5) is 0 Å². The van der Waals surface area contributed by atoms with Crippen molar-refractivity contribution in [2.75, 3.05) is 0 Å². The van der Waals surface area contributed by atoms with E-state index in [9.17, 15) is 0 Å². The van der Waals surface area contributed by atoms with Crippen molar-refractivity contribution in [3.63, 3.8) is 0 Å². The lowest BCUT2D eigenvalue weighted by molar-refractivity contribution is 0.769. The monoisotopic (exact) mass is 727 g/mol. The second-order valence-corrected chi connectivity index (χ2v) is 14.8. The van der Waals surface area contributed by atoms with Gasteiger partial charge in [0.05, 0.1) is 27.5 Å².